The largest absolute Gasteiger partial charge is 0.327 e. The molecule has 1 fully saturated rings. The third kappa shape index (κ3) is 1.71. The number of hydrogen-bond acceptors (Lipinski definition) is 2. The van der Waals surface area contributed by atoms with Crippen LogP contribution in [0.25, 0.3) is 6.08 Å². The van der Waals surface area contributed by atoms with Crippen LogP contribution in [0.4, 0.5) is 0 Å². The molecule has 1 saturated carbocycles. The van der Waals surface area contributed by atoms with Crippen molar-refractivity contribution in [2.24, 2.45) is 5.73 Å². The third-order valence-electron chi connectivity index (χ3n) is 1.99. The minimum Gasteiger partial charge on any atom is -0.327 e. The van der Waals surface area contributed by atoms with Crippen molar-refractivity contribution in [3.8, 4) is 0 Å². The van der Waals surface area contributed by atoms with Gasteiger partial charge in [0.05, 0.1) is 4.34 Å². The molecule has 1 aromatic rings. The molecule has 1 aliphatic carbocycles. The average molecular weight is 200 g/mol. The highest BCUT2D eigenvalue weighted by Crippen LogP contribution is 2.30. The van der Waals surface area contributed by atoms with Gasteiger partial charge in [0.25, 0.3) is 0 Å². The maximum atomic E-state index is 5.80. The Morgan fingerprint density at radius 3 is 2.75 bits per heavy atom. The lowest BCUT2D eigenvalue weighted by Crippen LogP contribution is -2.29. The minimum atomic E-state index is 0.395. The summed E-state index contributed by atoms with van der Waals surface area (Å²) >= 11 is 7.41. The van der Waals surface area contributed by atoms with Gasteiger partial charge in [-0.3, -0.25) is 0 Å². The van der Waals surface area contributed by atoms with Crippen molar-refractivity contribution in [3.05, 3.63) is 26.9 Å². The maximum Gasteiger partial charge on any atom is 0.0934 e. The molecule has 0 saturated heterocycles. The van der Waals surface area contributed by atoms with Crippen molar-refractivity contribution < 1.29 is 0 Å². The van der Waals surface area contributed by atoms with Gasteiger partial charge in [-0.05, 0) is 31.1 Å². The standard InChI is InChI=1S/C9H10ClNS/c10-9-2-1-8(12-9)5-6-3-7(11)4-6/h1-2,5,7H,3-4,11H2. The van der Waals surface area contributed by atoms with E-state index in [1.165, 1.54) is 10.5 Å². The molecule has 1 nitrogen and oxygen atoms in total. The second-order valence-corrected chi connectivity index (χ2v) is 4.86. The van der Waals surface area contributed by atoms with Crippen molar-refractivity contribution in [1.29, 1.82) is 0 Å². The smallest absolute Gasteiger partial charge is 0.0934 e. The SMILES string of the molecule is NC1CC(=Cc2ccc(Cl)s2)C1. The molecule has 3 heteroatoms. The summed E-state index contributed by atoms with van der Waals surface area (Å²) in [5.41, 5.74) is 7.11. The fourth-order valence-electron chi connectivity index (χ4n) is 1.34. The van der Waals surface area contributed by atoms with Gasteiger partial charge < -0.3 is 5.73 Å². The maximum absolute atomic E-state index is 5.80. The van der Waals surface area contributed by atoms with E-state index in [1.807, 2.05) is 12.1 Å². The van der Waals surface area contributed by atoms with Gasteiger partial charge in [0, 0.05) is 10.9 Å². The zero-order chi connectivity index (χ0) is 8.55. The fourth-order valence-corrected chi connectivity index (χ4v) is 2.39. The Labute approximate surface area is 80.8 Å². The second kappa shape index (κ2) is 3.21. The zero-order valence-electron chi connectivity index (χ0n) is 6.59. The molecule has 0 aromatic carbocycles. The summed E-state index contributed by atoms with van der Waals surface area (Å²) in [5, 5.41) is 0. The molecule has 0 aliphatic heterocycles. The quantitative estimate of drug-likeness (QED) is 0.740. The number of rotatable bonds is 1. The van der Waals surface area contributed by atoms with Gasteiger partial charge in [0.1, 0.15) is 0 Å². The van der Waals surface area contributed by atoms with E-state index in [9.17, 15) is 0 Å². The Morgan fingerprint density at radius 2 is 2.25 bits per heavy atom. The molecule has 1 heterocycles. The van der Waals surface area contributed by atoms with Crippen molar-refractivity contribution in [2.75, 3.05) is 0 Å². The highest BCUT2D eigenvalue weighted by Gasteiger charge is 2.18. The Bertz CT molecular complexity index is 308. The molecule has 0 amide bonds. The number of thiophene rings is 1. The van der Waals surface area contributed by atoms with Crippen LogP contribution in [-0.2, 0) is 0 Å². The third-order valence-corrected chi connectivity index (χ3v) is 3.17. The lowest BCUT2D eigenvalue weighted by atomic mass is 9.87. The highest BCUT2D eigenvalue weighted by atomic mass is 35.5. The predicted molar refractivity (Wildman–Crippen MR) is 54.5 cm³/mol. The lowest BCUT2D eigenvalue weighted by molar-refractivity contribution is 0.547. The first-order chi connectivity index (χ1) is 5.74. The zero-order valence-corrected chi connectivity index (χ0v) is 8.16. The summed E-state index contributed by atoms with van der Waals surface area (Å²) in [5.74, 6) is 0. The molecule has 0 spiro atoms. The Kier molecular flexibility index (Phi) is 2.22. The van der Waals surface area contributed by atoms with Crippen molar-refractivity contribution in [1.82, 2.24) is 0 Å². The van der Waals surface area contributed by atoms with Gasteiger partial charge in [-0.2, -0.15) is 0 Å². The van der Waals surface area contributed by atoms with E-state index < -0.39 is 0 Å². The molecule has 0 radical (unpaired) electrons. The summed E-state index contributed by atoms with van der Waals surface area (Å²) in [7, 11) is 0. The van der Waals surface area contributed by atoms with E-state index in [2.05, 4.69) is 6.08 Å². The van der Waals surface area contributed by atoms with Gasteiger partial charge in [-0.25, -0.2) is 0 Å². The predicted octanol–water partition coefficient (Wildman–Crippen LogP) is 2.91. The number of nitrogens with two attached hydrogens (primary N) is 1. The van der Waals surface area contributed by atoms with Crippen LogP contribution in [0.5, 0.6) is 0 Å². The first-order valence-electron chi connectivity index (χ1n) is 3.94. The van der Waals surface area contributed by atoms with Gasteiger partial charge in [-0.15, -0.1) is 11.3 Å². The normalized spacial score (nSPS) is 22.2. The minimum absolute atomic E-state index is 0.395. The topological polar surface area (TPSA) is 26.0 Å². The molecule has 12 heavy (non-hydrogen) atoms. The van der Waals surface area contributed by atoms with Crippen LogP contribution >= 0.6 is 22.9 Å². The molecule has 0 atom stereocenters. The molecular formula is C9H10ClNS. The van der Waals surface area contributed by atoms with Crippen LogP contribution in [-0.4, -0.2) is 6.04 Å². The molecule has 64 valence electrons. The van der Waals surface area contributed by atoms with Crippen LogP contribution < -0.4 is 5.73 Å². The number of halogens is 1. The molecule has 1 aliphatic rings. The summed E-state index contributed by atoms with van der Waals surface area (Å²) in [6, 6.07) is 4.37. The highest BCUT2D eigenvalue weighted by molar-refractivity contribution is 7.17. The molecular weight excluding hydrogens is 190 g/mol. The summed E-state index contributed by atoms with van der Waals surface area (Å²) in [6.45, 7) is 0. The lowest BCUT2D eigenvalue weighted by Gasteiger charge is -2.24. The van der Waals surface area contributed by atoms with E-state index in [0.29, 0.717) is 6.04 Å². The van der Waals surface area contributed by atoms with Crippen LogP contribution in [0.3, 0.4) is 0 Å². The first kappa shape index (κ1) is 8.30. The van der Waals surface area contributed by atoms with Crippen LogP contribution in [0, 0.1) is 0 Å². The van der Waals surface area contributed by atoms with Gasteiger partial charge >= 0.3 is 0 Å². The summed E-state index contributed by atoms with van der Waals surface area (Å²) < 4.78 is 0.852. The molecule has 2 N–H and O–H groups in total. The van der Waals surface area contributed by atoms with E-state index in [-0.39, 0.29) is 0 Å². The second-order valence-electron chi connectivity index (χ2n) is 3.11. The average Bonchev–Trinajstić information content (AvgIpc) is 2.33. The Hall–Kier alpha value is -0.310. The Balaban J connectivity index is 2.08. The van der Waals surface area contributed by atoms with Crippen LogP contribution in [0.1, 0.15) is 17.7 Å². The summed E-state index contributed by atoms with van der Waals surface area (Å²) in [6.07, 6.45) is 4.30. The Morgan fingerprint density at radius 1 is 1.50 bits per heavy atom. The van der Waals surface area contributed by atoms with E-state index in [4.69, 9.17) is 17.3 Å². The first-order valence-corrected chi connectivity index (χ1v) is 5.14. The number of hydrogen-bond donors (Lipinski definition) is 1. The van der Waals surface area contributed by atoms with Crippen LogP contribution in [0.2, 0.25) is 4.34 Å². The van der Waals surface area contributed by atoms with Crippen molar-refractivity contribution >= 4 is 29.0 Å². The summed E-state index contributed by atoms with van der Waals surface area (Å²) in [4.78, 5) is 1.24. The van der Waals surface area contributed by atoms with E-state index >= 15 is 0 Å². The van der Waals surface area contributed by atoms with Gasteiger partial charge in [0.15, 0.2) is 0 Å². The van der Waals surface area contributed by atoms with Crippen molar-refractivity contribution in [2.45, 2.75) is 18.9 Å². The van der Waals surface area contributed by atoms with Crippen LogP contribution in [0.15, 0.2) is 17.7 Å². The molecule has 0 bridgehead atoms. The van der Waals surface area contributed by atoms with E-state index in [1.54, 1.807) is 11.3 Å². The molecule has 1 aromatic heterocycles. The van der Waals surface area contributed by atoms with E-state index in [0.717, 1.165) is 17.2 Å². The van der Waals surface area contributed by atoms with Gasteiger partial charge in [-0.1, -0.05) is 17.2 Å². The molecule has 2 rings (SSSR count). The van der Waals surface area contributed by atoms with Crippen molar-refractivity contribution in [3.63, 3.8) is 0 Å². The molecule has 0 unspecified atom stereocenters. The monoisotopic (exact) mass is 199 g/mol. The van der Waals surface area contributed by atoms with Gasteiger partial charge in [0.2, 0.25) is 0 Å². The fraction of sp³-hybridized carbons (Fsp3) is 0.333.